The Hall–Kier alpha value is -2.54. The minimum atomic E-state index is -0.687. The van der Waals surface area contributed by atoms with Crippen molar-refractivity contribution in [3.8, 4) is 11.6 Å². The lowest BCUT2D eigenvalue weighted by Gasteiger charge is -2.18. The van der Waals surface area contributed by atoms with Gasteiger partial charge in [-0.3, -0.25) is 4.79 Å². The number of halogens is 1. The van der Waals surface area contributed by atoms with Gasteiger partial charge >= 0.3 is 0 Å². The van der Waals surface area contributed by atoms with E-state index in [4.69, 9.17) is 10.5 Å². The first-order valence-corrected chi connectivity index (χ1v) is 8.03. The number of primary amides is 1. The number of amides is 1. The normalized spacial score (nSPS) is 11.4. The number of carbonyl (C=O) groups excluding carboxylic acids is 1. The highest BCUT2D eigenvalue weighted by molar-refractivity contribution is 5.90. The number of nitrogens with two attached hydrogens (primary N) is 1. The Morgan fingerprint density at radius 2 is 2.04 bits per heavy atom. The van der Waals surface area contributed by atoms with Gasteiger partial charge in [-0.05, 0) is 36.1 Å². The molecule has 134 valence electrons. The average Bonchev–Trinajstić information content (AvgIpc) is 2.53. The Morgan fingerprint density at radius 3 is 2.60 bits per heavy atom. The fraction of sp³-hybridized carbons (Fsp3) is 0.389. The average molecular weight is 346 g/mol. The minimum Gasteiger partial charge on any atom is -0.434 e. The summed E-state index contributed by atoms with van der Waals surface area (Å²) in [5.41, 5.74) is 6.19. The van der Waals surface area contributed by atoms with Gasteiger partial charge in [-0.15, -0.1) is 0 Å². The summed E-state index contributed by atoms with van der Waals surface area (Å²) in [5, 5.41) is 3.30. The second kappa shape index (κ2) is 8.02. The van der Waals surface area contributed by atoms with Gasteiger partial charge in [0.1, 0.15) is 5.69 Å². The van der Waals surface area contributed by atoms with E-state index in [-0.39, 0.29) is 22.7 Å². The summed E-state index contributed by atoms with van der Waals surface area (Å²) < 4.78 is 19.5. The van der Waals surface area contributed by atoms with Crippen LogP contribution in [0.15, 0.2) is 30.6 Å². The summed E-state index contributed by atoms with van der Waals surface area (Å²) in [6.45, 7) is 7.99. The van der Waals surface area contributed by atoms with Crippen LogP contribution in [-0.2, 0) is 6.54 Å². The topological polar surface area (TPSA) is 90.1 Å². The van der Waals surface area contributed by atoms with Crippen LogP contribution >= 0.6 is 0 Å². The lowest BCUT2D eigenvalue weighted by atomic mass is 9.92. The third-order valence-electron chi connectivity index (χ3n) is 3.47. The molecular formula is C18H23FN4O2. The molecule has 0 fully saturated rings. The van der Waals surface area contributed by atoms with Gasteiger partial charge in [0.2, 0.25) is 5.88 Å². The predicted octanol–water partition coefficient (Wildman–Crippen LogP) is 3.03. The molecule has 0 bridgehead atoms. The smallest absolute Gasteiger partial charge is 0.268 e. The third kappa shape index (κ3) is 6.11. The maximum Gasteiger partial charge on any atom is 0.268 e. The van der Waals surface area contributed by atoms with Crippen LogP contribution in [0.1, 0.15) is 43.2 Å². The SMILES string of the molecule is CC(C)(C)CCNCc1ccc(Oc2cnc(C(N)=O)cn2)c(F)c1. The van der Waals surface area contributed by atoms with E-state index in [2.05, 4.69) is 36.1 Å². The van der Waals surface area contributed by atoms with Gasteiger partial charge in [0, 0.05) is 6.54 Å². The van der Waals surface area contributed by atoms with E-state index in [0.29, 0.717) is 6.54 Å². The van der Waals surface area contributed by atoms with Crippen molar-refractivity contribution in [1.29, 1.82) is 0 Å². The van der Waals surface area contributed by atoms with Crippen molar-refractivity contribution < 1.29 is 13.9 Å². The first-order chi connectivity index (χ1) is 11.7. The summed E-state index contributed by atoms with van der Waals surface area (Å²) in [6.07, 6.45) is 3.45. The van der Waals surface area contributed by atoms with Crippen molar-refractivity contribution >= 4 is 5.91 Å². The number of benzene rings is 1. The Labute approximate surface area is 146 Å². The maximum absolute atomic E-state index is 14.2. The number of nitrogens with zero attached hydrogens (tertiary/aromatic N) is 2. The first-order valence-electron chi connectivity index (χ1n) is 8.03. The summed E-state index contributed by atoms with van der Waals surface area (Å²) in [4.78, 5) is 18.6. The van der Waals surface area contributed by atoms with E-state index in [0.717, 1.165) is 18.5 Å². The van der Waals surface area contributed by atoms with Crippen LogP contribution in [-0.4, -0.2) is 22.4 Å². The summed E-state index contributed by atoms with van der Waals surface area (Å²) in [6, 6.07) is 4.75. The summed E-state index contributed by atoms with van der Waals surface area (Å²) >= 11 is 0. The molecule has 0 aliphatic heterocycles. The molecule has 0 atom stereocenters. The fourth-order valence-electron chi connectivity index (χ4n) is 2.04. The van der Waals surface area contributed by atoms with Crippen LogP contribution < -0.4 is 15.8 Å². The number of aromatic nitrogens is 2. The summed E-state index contributed by atoms with van der Waals surface area (Å²) in [5.74, 6) is -1.05. The molecule has 0 unspecified atom stereocenters. The Morgan fingerprint density at radius 1 is 1.28 bits per heavy atom. The second-order valence-corrected chi connectivity index (χ2v) is 6.96. The number of carbonyl (C=O) groups is 1. The monoisotopic (exact) mass is 346 g/mol. The van der Waals surface area contributed by atoms with E-state index in [1.165, 1.54) is 18.5 Å². The molecule has 0 spiro atoms. The molecule has 0 saturated heterocycles. The molecule has 25 heavy (non-hydrogen) atoms. The molecule has 1 aromatic heterocycles. The van der Waals surface area contributed by atoms with Crippen molar-refractivity contribution in [1.82, 2.24) is 15.3 Å². The van der Waals surface area contributed by atoms with Crippen molar-refractivity contribution in [3.05, 3.63) is 47.7 Å². The molecule has 0 radical (unpaired) electrons. The first kappa shape index (κ1) is 18.8. The van der Waals surface area contributed by atoms with Crippen molar-refractivity contribution in [2.75, 3.05) is 6.54 Å². The zero-order valence-electron chi connectivity index (χ0n) is 14.7. The Balaban J connectivity index is 1.93. The third-order valence-corrected chi connectivity index (χ3v) is 3.47. The van der Waals surface area contributed by atoms with Crippen LogP contribution in [0.3, 0.4) is 0 Å². The molecule has 3 N–H and O–H groups in total. The molecule has 0 saturated carbocycles. The molecular weight excluding hydrogens is 323 g/mol. The molecule has 6 nitrogen and oxygen atoms in total. The van der Waals surface area contributed by atoms with E-state index in [1.807, 2.05) is 0 Å². The molecule has 7 heteroatoms. The molecule has 2 aromatic rings. The van der Waals surface area contributed by atoms with Gasteiger partial charge in [-0.2, -0.15) is 0 Å². The lowest BCUT2D eigenvalue weighted by molar-refractivity contribution is 0.0995. The number of rotatable bonds is 7. The lowest BCUT2D eigenvalue weighted by Crippen LogP contribution is -2.20. The van der Waals surface area contributed by atoms with E-state index in [9.17, 15) is 9.18 Å². The zero-order valence-corrected chi connectivity index (χ0v) is 14.7. The van der Waals surface area contributed by atoms with E-state index >= 15 is 0 Å². The molecule has 0 aliphatic rings. The predicted molar refractivity (Wildman–Crippen MR) is 92.8 cm³/mol. The number of hydrogen-bond acceptors (Lipinski definition) is 5. The van der Waals surface area contributed by atoms with E-state index in [1.54, 1.807) is 12.1 Å². The largest absolute Gasteiger partial charge is 0.434 e. The number of ether oxygens (including phenoxy) is 1. The van der Waals surface area contributed by atoms with Gasteiger partial charge in [0.15, 0.2) is 11.6 Å². The van der Waals surface area contributed by atoms with Crippen molar-refractivity contribution in [2.45, 2.75) is 33.7 Å². The highest BCUT2D eigenvalue weighted by atomic mass is 19.1. The van der Waals surface area contributed by atoms with Crippen LogP contribution in [0.25, 0.3) is 0 Å². The number of nitrogens with one attached hydrogen (secondary N) is 1. The minimum absolute atomic E-state index is 0.0181. The zero-order chi connectivity index (χ0) is 18.4. The Bertz CT molecular complexity index is 727. The van der Waals surface area contributed by atoms with Crippen molar-refractivity contribution in [2.24, 2.45) is 11.1 Å². The second-order valence-electron chi connectivity index (χ2n) is 6.96. The van der Waals surface area contributed by atoms with Gasteiger partial charge < -0.3 is 15.8 Å². The number of hydrogen-bond donors (Lipinski definition) is 2. The van der Waals surface area contributed by atoms with Gasteiger partial charge in [-0.1, -0.05) is 26.8 Å². The van der Waals surface area contributed by atoms with Gasteiger partial charge in [0.05, 0.1) is 12.4 Å². The Kier molecular flexibility index (Phi) is 6.03. The standard InChI is InChI=1S/C18H23FN4O2/c1-18(2,3)6-7-21-9-12-4-5-15(13(19)8-12)25-16-11-22-14(10-23-16)17(20)24/h4-5,8,10-11,21H,6-7,9H2,1-3H3,(H2,20,24). The van der Waals surface area contributed by atoms with Gasteiger partial charge in [0.25, 0.3) is 5.91 Å². The van der Waals surface area contributed by atoms with Crippen LogP contribution in [0, 0.1) is 11.2 Å². The van der Waals surface area contributed by atoms with Crippen molar-refractivity contribution in [3.63, 3.8) is 0 Å². The highest BCUT2D eigenvalue weighted by Gasteiger charge is 2.10. The highest BCUT2D eigenvalue weighted by Crippen LogP contribution is 2.23. The van der Waals surface area contributed by atoms with Crippen LogP contribution in [0.2, 0.25) is 0 Å². The molecule has 1 heterocycles. The quantitative estimate of drug-likeness (QED) is 0.752. The molecule has 1 aromatic carbocycles. The van der Waals surface area contributed by atoms with Crippen LogP contribution in [0.5, 0.6) is 11.6 Å². The van der Waals surface area contributed by atoms with Gasteiger partial charge in [-0.25, -0.2) is 14.4 Å². The fourth-order valence-corrected chi connectivity index (χ4v) is 2.04. The summed E-state index contributed by atoms with van der Waals surface area (Å²) in [7, 11) is 0. The molecule has 1 amide bonds. The van der Waals surface area contributed by atoms with E-state index < -0.39 is 11.7 Å². The van der Waals surface area contributed by atoms with Crippen LogP contribution in [0.4, 0.5) is 4.39 Å². The molecule has 0 aliphatic carbocycles. The molecule has 2 rings (SSSR count). The maximum atomic E-state index is 14.2.